The molecule has 7 nitrogen and oxygen atoms in total. The molecule has 22 heavy (non-hydrogen) atoms. The highest BCUT2D eigenvalue weighted by molar-refractivity contribution is 5.93. The highest BCUT2D eigenvalue weighted by atomic mass is 16.5. The second kappa shape index (κ2) is 6.08. The van der Waals surface area contributed by atoms with E-state index in [4.69, 9.17) is 4.74 Å². The van der Waals surface area contributed by atoms with Gasteiger partial charge in [-0.25, -0.2) is 0 Å². The number of hydrogen-bond donors (Lipinski definition) is 1. The van der Waals surface area contributed by atoms with Gasteiger partial charge in [-0.05, 0) is 26.3 Å². The van der Waals surface area contributed by atoms with Crippen LogP contribution in [-0.2, 0) is 16.1 Å². The third kappa shape index (κ3) is 2.72. The molecule has 2 aliphatic rings. The third-order valence-electron chi connectivity index (χ3n) is 4.34. The van der Waals surface area contributed by atoms with E-state index in [0.29, 0.717) is 44.9 Å². The molecule has 1 aromatic rings. The molecular weight excluding hydrogens is 284 g/mol. The van der Waals surface area contributed by atoms with Crippen molar-refractivity contribution in [2.75, 3.05) is 26.2 Å². The predicted molar refractivity (Wildman–Crippen MR) is 79.4 cm³/mol. The molecule has 1 N–H and O–H groups in total. The van der Waals surface area contributed by atoms with Gasteiger partial charge >= 0.3 is 0 Å². The summed E-state index contributed by atoms with van der Waals surface area (Å²) in [6.45, 7) is 6.59. The molecule has 7 heteroatoms. The number of carbonyl (C=O) groups excluding carboxylic acids is 2. The summed E-state index contributed by atoms with van der Waals surface area (Å²) < 4.78 is 7.48. The summed E-state index contributed by atoms with van der Waals surface area (Å²) in [6.07, 6.45) is 0.431. The lowest BCUT2D eigenvalue weighted by Crippen LogP contribution is -2.50. The number of piperidine rings is 1. The summed E-state index contributed by atoms with van der Waals surface area (Å²) in [6, 6.07) is 1.82. The fourth-order valence-corrected chi connectivity index (χ4v) is 3.21. The van der Waals surface area contributed by atoms with E-state index in [2.05, 4.69) is 10.4 Å². The third-order valence-corrected chi connectivity index (χ3v) is 4.34. The first-order chi connectivity index (χ1) is 10.6. The number of aryl methyl sites for hydroxylation is 2. The van der Waals surface area contributed by atoms with Crippen LogP contribution in [0.3, 0.4) is 0 Å². The molecule has 0 unspecified atom stereocenters. The Morgan fingerprint density at radius 1 is 1.55 bits per heavy atom. The quantitative estimate of drug-likeness (QED) is 0.846. The summed E-state index contributed by atoms with van der Waals surface area (Å²) in [7, 11) is 0. The number of carbonyl (C=O) groups is 2. The molecule has 0 aromatic carbocycles. The molecule has 1 aromatic heterocycles. The van der Waals surface area contributed by atoms with Crippen LogP contribution in [-0.4, -0.2) is 58.8 Å². The first-order valence-electron chi connectivity index (χ1n) is 7.83. The van der Waals surface area contributed by atoms with Crippen molar-refractivity contribution in [1.82, 2.24) is 20.0 Å². The van der Waals surface area contributed by atoms with E-state index in [1.54, 1.807) is 9.58 Å². The van der Waals surface area contributed by atoms with E-state index >= 15 is 0 Å². The highest BCUT2D eigenvalue weighted by Gasteiger charge is 2.38. The van der Waals surface area contributed by atoms with Crippen molar-refractivity contribution in [3.63, 3.8) is 0 Å². The molecule has 0 spiro atoms. The Balaban J connectivity index is 1.76. The van der Waals surface area contributed by atoms with E-state index in [-0.39, 0.29) is 23.8 Å². The molecular formula is C15H22N4O3. The van der Waals surface area contributed by atoms with Crippen molar-refractivity contribution >= 4 is 11.8 Å². The van der Waals surface area contributed by atoms with Crippen LogP contribution in [0.15, 0.2) is 6.07 Å². The highest BCUT2D eigenvalue weighted by Crippen LogP contribution is 2.23. The molecule has 2 saturated heterocycles. The summed E-state index contributed by atoms with van der Waals surface area (Å²) >= 11 is 0. The molecule has 0 radical (unpaired) electrons. The minimum absolute atomic E-state index is 0.0332. The Bertz CT molecular complexity index is 583. The number of ether oxygens (including phenoxy) is 1. The lowest BCUT2D eigenvalue weighted by atomic mass is 9.93. The van der Waals surface area contributed by atoms with E-state index in [0.717, 1.165) is 5.69 Å². The van der Waals surface area contributed by atoms with Crippen molar-refractivity contribution < 1.29 is 14.3 Å². The minimum Gasteiger partial charge on any atom is -0.374 e. The Morgan fingerprint density at radius 3 is 3.14 bits per heavy atom. The number of likely N-dealkylation sites (tertiary alicyclic amines) is 1. The Morgan fingerprint density at radius 2 is 2.36 bits per heavy atom. The Hall–Kier alpha value is -1.89. The van der Waals surface area contributed by atoms with Crippen molar-refractivity contribution in [2.24, 2.45) is 5.92 Å². The smallest absolute Gasteiger partial charge is 0.272 e. The zero-order valence-electron chi connectivity index (χ0n) is 13.0. The predicted octanol–water partition coefficient (Wildman–Crippen LogP) is 0.189. The van der Waals surface area contributed by atoms with Crippen molar-refractivity contribution in [3.05, 3.63) is 17.5 Å². The van der Waals surface area contributed by atoms with Crippen LogP contribution < -0.4 is 5.32 Å². The number of fused-ring (bicyclic) bond motifs is 1. The van der Waals surface area contributed by atoms with Gasteiger partial charge in [0.2, 0.25) is 5.91 Å². The van der Waals surface area contributed by atoms with Crippen LogP contribution in [0.5, 0.6) is 0 Å². The standard InChI is InChI=1S/C15H22N4O3/c1-3-19-12(8-10(2)17-19)15(21)18-6-4-11-13(9-18)22-7-5-16-14(11)20/h8,11,13H,3-7,9H2,1-2H3,(H,16,20)/t11-,13+/m1/s1. The normalized spacial score (nSPS) is 25.4. The van der Waals surface area contributed by atoms with Gasteiger partial charge in [-0.2, -0.15) is 5.10 Å². The second-order valence-electron chi connectivity index (χ2n) is 5.83. The molecule has 2 aliphatic heterocycles. The van der Waals surface area contributed by atoms with Crippen molar-refractivity contribution in [1.29, 1.82) is 0 Å². The maximum absolute atomic E-state index is 12.7. The zero-order valence-corrected chi connectivity index (χ0v) is 13.0. The van der Waals surface area contributed by atoms with Crippen molar-refractivity contribution in [2.45, 2.75) is 32.9 Å². The zero-order chi connectivity index (χ0) is 15.7. The van der Waals surface area contributed by atoms with Gasteiger partial charge in [-0.15, -0.1) is 0 Å². The molecule has 0 aliphatic carbocycles. The monoisotopic (exact) mass is 306 g/mol. The summed E-state index contributed by atoms with van der Waals surface area (Å²) in [4.78, 5) is 26.5. The topological polar surface area (TPSA) is 76.5 Å². The van der Waals surface area contributed by atoms with Gasteiger partial charge in [-0.3, -0.25) is 14.3 Å². The molecule has 0 saturated carbocycles. The van der Waals surface area contributed by atoms with E-state index in [1.165, 1.54) is 0 Å². The van der Waals surface area contributed by atoms with Crippen LogP contribution in [0.25, 0.3) is 0 Å². The maximum Gasteiger partial charge on any atom is 0.272 e. The fraction of sp³-hybridized carbons (Fsp3) is 0.667. The van der Waals surface area contributed by atoms with E-state index in [1.807, 2.05) is 19.9 Å². The Labute approximate surface area is 129 Å². The average Bonchev–Trinajstić information content (AvgIpc) is 2.81. The average molecular weight is 306 g/mol. The number of aromatic nitrogens is 2. The number of hydrogen-bond acceptors (Lipinski definition) is 4. The molecule has 0 bridgehead atoms. The first-order valence-corrected chi connectivity index (χ1v) is 7.83. The van der Waals surface area contributed by atoms with Crippen LogP contribution in [0, 0.1) is 12.8 Å². The maximum atomic E-state index is 12.7. The number of nitrogens with zero attached hydrogens (tertiary/aromatic N) is 3. The molecule has 2 amide bonds. The number of rotatable bonds is 2. The first kappa shape index (κ1) is 15.0. The van der Waals surface area contributed by atoms with Crippen molar-refractivity contribution in [3.8, 4) is 0 Å². The van der Waals surface area contributed by atoms with Crippen LogP contribution >= 0.6 is 0 Å². The summed E-state index contributed by atoms with van der Waals surface area (Å²) in [5, 5.41) is 7.19. The van der Waals surface area contributed by atoms with Gasteiger partial charge in [0, 0.05) is 26.2 Å². The molecule has 2 atom stereocenters. The van der Waals surface area contributed by atoms with Gasteiger partial charge in [0.1, 0.15) is 5.69 Å². The van der Waals surface area contributed by atoms with Gasteiger partial charge in [0.25, 0.3) is 5.91 Å². The van der Waals surface area contributed by atoms with Gasteiger partial charge in [0.15, 0.2) is 0 Å². The summed E-state index contributed by atoms with van der Waals surface area (Å²) in [5.41, 5.74) is 1.45. The van der Waals surface area contributed by atoms with Gasteiger partial charge in [0.05, 0.1) is 24.3 Å². The largest absolute Gasteiger partial charge is 0.374 e. The number of nitrogens with one attached hydrogen (secondary N) is 1. The summed E-state index contributed by atoms with van der Waals surface area (Å²) in [5.74, 6) is -0.137. The lowest BCUT2D eigenvalue weighted by molar-refractivity contribution is -0.129. The van der Waals surface area contributed by atoms with Gasteiger partial charge in [-0.1, -0.05) is 0 Å². The molecule has 120 valence electrons. The fourth-order valence-electron chi connectivity index (χ4n) is 3.21. The molecule has 3 rings (SSSR count). The van der Waals surface area contributed by atoms with Gasteiger partial charge < -0.3 is 15.0 Å². The second-order valence-corrected chi connectivity index (χ2v) is 5.83. The SMILES string of the molecule is CCn1nc(C)cc1C(=O)N1CC[C@H]2C(=O)NCCO[C@H]2C1. The van der Waals surface area contributed by atoms with Crippen LogP contribution in [0.4, 0.5) is 0 Å². The lowest BCUT2D eigenvalue weighted by Gasteiger charge is -2.36. The Kier molecular flexibility index (Phi) is 4.15. The number of amides is 2. The minimum atomic E-state index is -0.209. The van der Waals surface area contributed by atoms with Crippen LogP contribution in [0.2, 0.25) is 0 Å². The van der Waals surface area contributed by atoms with Crippen LogP contribution in [0.1, 0.15) is 29.5 Å². The molecule has 2 fully saturated rings. The van der Waals surface area contributed by atoms with E-state index < -0.39 is 0 Å². The van der Waals surface area contributed by atoms with E-state index in [9.17, 15) is 9.59 Å². The molecule has 3 heterocycles.